The quantitative estimate of drug-likeness (QED) is 0.613. The lowest BCUT2D eigenvalue weighted by molar-refractivity contribution is 0.313. The van der Waals surface area contributed by atoms with E-state index in [1.165, 1.54) is 51.3 Å². The Morgan fingerprint density at radius 2 is 1.77 bits per heavy atom. The standard InChI is InChI=1S/C23H30N4O3S/c1-23(2,3)22-24-18-14-17(31(29,30)20-12-13-21(28)26(4)25-20)10-11-19(18)27(22)15-16-8-6-5-7-9-16/h10-14,16H,5-9,15H2,1-4H3. The Balaban J connectivity index is 1.80. The second-order valence-electron chi connectivity index (χ2n) is 9.59. The monoisotopic (exact) mass is 442 g/mol. The summed E-state index contributed by atoms with van der Waals surface area (Å²) in [4.78, 5) is 16.6. The van der Waals surface area contributed by atoms with Crippen LogP contribution in [-0.2, 0) is 28.8 Å². The highest BCUT2D eigenvalue weighted by atomic mass is 32.2. The molecule has 4 rings (SSSR count). The Hall–Kier alpha value is -2.48. The molecule has 8 heteroatoms. The number of hydrogen-bond acceptors (Lipinski definition) is 5. The van der Waals surface area contributed by atoms with Crippen LogP contribution in [0.1, 0.15) is 58.7 Å². The van der Waals surface area contributed by atoms with Gasteiger partial charge in [0.2, 0.25) is 9.84 Å². The molecule has 2 heterocycles. The van der Waals surface area contributed by atoms with E-state index in [2.05, 4.69) is 30.4 Å². The molecule has 0 aliphatic heterocycles. The van der Waals surface area contributed by atoms with Crippen LogP contribution in [0, 0.1) is 5.92 Å². The van der Waals surface area contributed by atoms with Gasteiger partial charge in [0.15, 0.2) is 5.03 Å². The van der Waals surface area contributed by atoms with Crippen molar-refractivity contribution in [3.8, 4) is 0 Å². The Morgan fingerprint density at radius 1 is 1.06 bits per heavy atom. The van der Waals surface area contributed by atoms with Crippen LogP contribution >= 0.6 is 0 Å². The summed E-state index contributed by atoms with van der Waals surface area (Å²) < 4.78 is 29.6. The molecule has 3 aromatic rings. The van der Waals surface area contributed by atoms with Crippen molar-refractivity contribution in [2.45, 2.75) is 74.8 Å². The third-order valence-corrected chi connectivity index (χ3v) is 7.72. The molecule has 31 heavy (non-hydrogen) atoms. The van der Waals surface area contributed by atoms with Gasteiger partial charge in [-0.05, 0) is 43.0 Å². The maximum atomic E-state index is 13.1. The van der Waals surface area contributed by atoms with Crippen molar-refractivity contribution in [2.75, 3.05) is 0 Å². The van der Waals surface area contributed by atoms with Gasteiger partial charge in [-0.2, -0.15) is 5.10 Å². The zero-order valence-corrected chi connectivity index (χ0v) is 19.4. The molecule has 0 unspecified atom stereocenters. The molecule has 1 aliphatic rings. The van der Waals surface area contributed by atoms with Crippen LogP contribution in [0.2, 0.25) is 0 Å². The average molecular weight is 443 g/mol. The van der Waals surface area contributed by atoms with Gasteiger partial charge in [-0.25, -0.2) is 18.1 Å². The molecule has 0 bridgehead atoms. The minimum atomic E-state index is -3.86. The molecule has 1 saturated carbocycles. The highest BCUT2D eigenvalue weighted by Gasteiger charge is 2.27. The van der Waals surface area contributed by atoms with Crippen molar-refractivity contribution >= 4 is 20.9 Å². The fourth-order valence-electron chi connectivity index (χ4n) is 4.41. The molecule has 0 radical (unpaired) electrons. The summed E-state index contributed by atoms with van der Waals surface area (Å²) in [5.74, 6) is 1.60. The first-order valence-electron chi connectivity index (χ1n) is 10.9. The van der Waals surface area contributed by atoms with Gasteiger partial charge in [0.05, 0.1) is 15.9 Å². The van der Waals surface area contributed by atoms with E-state index in [-0.39, 0.29) is 20.9 Å². The minimum Gasteiger partial charge on any atom is -0.327 e. The predicted molar refractivity (Wildman–Crippen MR) is 120 cm³/mol. The molecule has 1 aromatic carbocycles. The zero-order chi connectivity index (χ0) is 22.4. The van der Waals surface area contributed by atoms with Crippen LogP contribution in [0.15, 0.2) is 45.0 Å². The number of aromatic nitrogens is 4. The minimum absolute atomic E-state index is 0.133. The Kier molecular flexibility index (Phi) is 5.54. The van der Waals surface area contributed by atoms with Gasteiger partial charge >= 0.3 is 0 Å². The van der Waals surface area contributed by atoms with Gasteiger partial charge in [-0.1, -0.05) is 40.0 Å². The van der Waals surface area contributed by atoms with Crippen LogP contribution in [0.4, 0.5) is 0 Å². The summed E-state index contributed by atoms with van der Waals surface area (Å²) in [5, 5.41) is 3.78. The van der Waals surface area contributed by atoms with Crippen molar-refractivity contribution in [1.82, 2.24) is 19.3 Å². The molecule has 0 amide bonds. The van der Waals surface area contributed by atoms with Crippen LogP contribution in [0.25, 0.3) is 11.0 Å². The lowest BCUT2D eigenvalue weighted by Gasteiger charge is -2.26. The van der Waals surface area contributed by atoms with Crippen LogP contribution in [0.3, 0.4) is 0 Å². The lowest BCUT2D eigenvalue weighted by atomic mass is 9.88. The Labute approximate surface area is 183 Å². The maximum Gasteiger partial charge on any atom is 0.266 e. The summed E-state index contributed by atoms with van der Waals surface area (Å²) in [6.45, 7) is 7.32. The summed E-state index contributed by atoms with van der Waals surface area (Å²) >= 11 is 0. The molecule has 1 aliphatic carbocycles. The fraction of sp³-hybridized carbons (Fsp3) is 0.522. The third-order valence-electron chi connectivity index (χ3n) is 6.08. The van der Waals surface area contributed by atoms with Gasteiger partial charge < -0.3 is 4.57 Å². The van der Waals surface area contributed by atoms with Gasteiger partial charge in [0, 0.05) is 25.1 Å². The van der Waals surface area contributed by atoms with Crippen LogP contribution in [-0.4, -0.2) is 27.7 Å². The van der Waals surface area contributed by atoms with E-state index in [0.29, 0.717) is 11.4 Å². The van der Waals surface area contributed by atoms with Crippen LogP contribution < -0.4 is 5.56 Å². The Bertz CT molecular complexity index is 1280. The van der Waals surface area contributed by atoms with Crippen molar-refractivity contribution in [2.24, 2.45) is 13.0 Å². The summed E-state index contributed by atoms with van der Waals surface area (Å²) in [7, 11) is -2.42. The fourth-order valence-corrected chi connectivity index (χ4v) is 5.64. The number of hydrogen-bond donors (Lipinski definition) is 0. The molecule has 166 valence electrons. The SMILES string of the molecule is Cn1nc(S(=O)(=O)c2ccc3c(c2)nc(C(C)(C)C)n3CC2CCCCC2)ccc1=O. The molecule has 0 saturated heterocycles. The number of rotatable bonds is 4. The van der Waals surface area contributed by atoms with E-state index in [0.717, 1.165) is 22.6 Å². The topological polar surface area (TPSA) is 86.8 Å². The zero-order valence-electron chi connectivity index (χ0n) is 18.6. The summed E-state index contributed by atoms with van der Waals surface area (Å²) in [6, 6.07) is 7.58. The normalized spacial score (nSPS) is 16.1. The van der Waals surface area contributed by atoms with E-state index >= 15 is 0 Å². The Morgan fingerprint density at radius 3 is 2.42 bits per heavy atom. The lowest BCUT2D eigenvalue weighted by Crippen LogP contribution is -2.22. The van der Waals surface area contributed by atoms with Crippen molar-refractivity contribution in [1.29, 1.82) is 0 Å². The van der Waals surface area contributed by atoms with Crippen molar-refractivity contribution < 1.29 is 8.42 Å². The van der Waals surface area contributed by atoms with Gasteiger partial charge in [0.1, 0.15) is 5.82 Å². The van der Waals surface area contributed by atoms with E-state index in [4.69, 9.17) is 4.98 Å². The third kappa shape index (κ3) is 4.18. The molecule has 0 spiro atoms. The average Bonchev–Trinajstić information content (AvgIpc) is 3.09. The van der Waals surface area contributed by atoms with Gasteiger partial charge in [-0.15, -0.1) is 0 Å². The number of imidazole rings is 1. The molecule has 0 N–H and O–H groups in total. The molecular formula is C23H30N4O3S. The number of benzene rings is 1. The smallest absolute Gasteiger partial charge is 0.266 e. The van der Waals surface area contributed by atoms with E-state index in [1.807, 2.05) is 6.07 Å². The van der Waals surface area contributed by atoms with E-state index in [9.17, 15) is 13.2 Å². The molecular weight excluding hydrogens is 412 g/mol. The van der Waals surface area contributed by atoms with Crippen LogP contribution in [0.5, 0.6) is 0 Å². The predicted octanol–water partition coefficient (Wildman–Crippen LogP) is 3.84. The number of fused-ring (bicyclic) bond motifs is 1. The number of nitrogens with zero attached hydrogens (tertiary/aromatic N) is 4. The summed E-state index contributed by atoms with van der Waals surface area (Å²) in [5.41, 5.74) is 1.12. The second kappa shape index (κ2) is 7.89. The first-order chi connectivity index (χ1) is 14.6. The van der Waals surface area contributed by atoms with Crippen molar-refractivity contribution in [3.63, 3.8) is 0 Å². The van der Waals surface area contributed by atoms with Gasteiger partial charge in [-0.3, -0.25) is 4.79 Å². The molecule has 1 fully saturated rings. The molecule has 2 aromatic heterocycles. The molecule has 0 atom stereocenters. The van der Waals surface area contributed by atoms with Crippen molar-refractivity contribution in [3.05, 3.63) is 46.5 Å². The number of sulfone groups is 1. The first-order valence-corrected chi connectivity index (χ1v) is 12.4. The molecule has 7 nitrogen and oxygen atoms in total. The van der Waals surface area contributed by atoms with E-state index < -0.39 is 9.84 Å². The van der Waals surface area contributed by atoms with Gasteiger partial charge in [0.25, 0.3) is 5.56 Å². The van der Waals surface area contributed by atoms with E-state index in [1.54, 1.807) is 12.1 Å². The maximum absolute atomic E-state index is 13.1. The second-order valence-corrected chi connectivity index (χ2v) is 11.5. The summed E-state index contributed by atoms with van der Waals surface area (Å²) in [6.07, 6.45) is 6.32. The highest BCUT2D eigenvalue weighted by Crippen LogP contribution is 2.32. The highest BCUT2D eigenvalue weighted by molar-refractivity contribution is 7.91. The largest absolute Gasteiger partial charge is 0.327 e. The number of aryl methyl sites for hydroxylation is 1. The first kappa shape index (κ1) is 21.7.